The van der Waals surface area contributed by atoms with E-state index in [0.717, 1.165) is 48.4 Å². The van der Waals surface area contributed by atoms with Gasteiger partial charge in [0.05, 0.1) is 36.1 Å². The second kappa shape index (κ2) is 9.81. The van der Waals surface area contributed by atoms with Gasteiger partial charge in [0.2, 0.25) is 0 Å². The summed E-state index contributed by atoms with van der Waals surface area (Å²) in [5, 5.41) is 13.9. The molecule has 174 valence electrons. The van der Waals surface area contributed by atoms with E-state index in [1.807, 2.05) is 24.4 Å². The van der Waals surface area contributed by atoms with Crippen molar-refractivity contribution in [3.8, 4) is 22.9 Å². The van der Waals surface area contributed by atoms with Crippen molar-refractivity contribution in [2.75, 3.05) is 50.8 Å². The molecule has 0 saturated carbocycles. The molecule has 8 nitrogen and oxygen atoms in total. The van der Waals surface area contributed by atoms with Crippen LogP contribution in [0.2, 0.25) is 0 Å². The van der Waals surface area contributed by atoms with Crippen molar-refractivity contribution in [1.29, 1.82) is 5.26 Å². The Morgan fingerprint density at radius 1 is 1.24 bits per heavy atom. The molecule has 0 amide bonds. The first-order valence-corrected chi connectivity index (χ1v) is 13.5. The van der Waals surface area contributed by atoms with Gasteiger partial charge in [-0.05, 0) is 43.6 Å². The zero-order valence-electron chi connectivity index (χ0n) is 19.4. The minimum absolute atomic E-state index is 0.392. The average molecular weight is 467 g/mol. The highest BCUT2D eigenvalue weighted by Gasteiger charge is 2.20. The predicted octanol–water partition coefficient (Wildman–Crippen LogP) is 3.29. The number of nitriles is 1. The number of piperidine rings is 1. The van der Waals surface area contributed by atoms with Gasteiger partial charge in [-0.15, -0.1) is 9.41 Å². The highest BCUT2D eigenvalue weighted by atomic mass is 32.2. The van der Waals surface area contributed by atoms with Crippen molar-refractivity contribution in [2.45, 2.75) is 18.9 Å². The van der Waals surface area contributed by atoms with Crippen LogP contribution in [0, 0.1) is 11.3 Å². The monoisotopic (exact) mass is 466 g/mol. The molecular formula is C24H30N6O2S. The summed E-state index contributed by atoms with van der Waals surface area (Å²) in [6.07, 6.45) is 11.5. The zero-order chi connectivity index (χ0) is 23.4. The molecule has 0 aliphatic carbocycles. The van der Waals surface area contributed by atoms with E-state index >= 15 is 0 Å². The van der Waals surface area contributed by atoms with Crippen LogP contribution in [0.1, 0.15) is 18.4 Å². The van der Waals surface area contributed by atoms with Crippen LogP contribution in [0.15, 0.2) is 41.2 Å². The molecular weight excluding hydrogens is 436 g/mol. The molecule has 0 unspecified atom stereocenters. The van der Waals surface area contributed by atoms with Crippen LogP contribution in [0.25, 0.3) is 16.6 Å². The molecule has 3 aromatic heterocycles. The van der Waals surface area contributed by atoms with E-state index in [9.17, 15) is 5.26 Å². The lowest BCUT2D eigenvalue weighted by molar-refractivity contribution is 0.146. The van der Waals surface area contributed by atoms with Crippen molar-refractivity contribution in [1.82, 2.24) is 14.6 Å². The minimum Gasteiger partial charge on any atom is -0.490 e. The van der Waals surface area contributed by atoms with Gasteiger partial charge in [-0.25, -0.2) is 9.50 Å². The molecule has 4 heterocycles. The lowest BCUT2D eigenvalue weighted by atomic mass is 10.0. The number of ether oxygens (including phenoxy) is 2. The second-order valence-corrected chi connectivity index (χ2v) is 11.8. The summed E-state index contributed by atoms with van der Waals surface area (Å²) in [7, 11) is 0.558. The van der Waals surface area contributed by atoms with E-state index in [4.69, 9.17) is 18.8 Å². The fraction of sp³-hybridized carbons (Fsp3) is 0.417. The number of aromatic nitrogens is 3. The molecule has 0 atom stereocenters. The van der Waals surface area contributed by atoms with Crippen molar-refractivity contribution >= 4 is 26.6 Å². The fourth-order valence-electron chi connectivity index (χ4n) is 4.06. The van der Waals surface area contributed by atoms with Gasteiger partial charge in [0.15, 0.2) is 0 Å². The van der Waals surface area contributed by atoms with Crippen molar-refractivity contribution in [2.24, 2.45) is 4.36 Å². The molecule has 0 bridgehead atoms. The summed E-state index contributed by atoms with van der Waals surface area (Å²) in [5.74, 6) is 5.80. The van der Waals surface area contributed by atoms with Crippen molar-refractivity contribution in [3.05, 3.63) is 42.4 Å². The maximum absolute atomic E-state index is 9.56. The molecule has 9 heteroatoms. The van der Waals surface area contributed by atoms with Crippen LogP contribution in [-0.4, -0.2) is 72.4 Å². The zero-order valence-corrected chi connectivity index (χ0v) is 20.2. The standard InChI is InChI=1S/C24H30N6O2S/c1-31-11-12-32-21-13-22(24-19(14-25)16-27-30(24)17-21)18-5-6-23(26-15-18)29-9-7-20(8-10-29)28-33(2,3)4/h5-6,13,15-17,20H,2,7-12H2,1,3-4H3. The van der Waals surface area contributed by atoms with Crippen LogP contribution >= 0.6 is 0 Å². The number of methoxy groups -OCH3 is 1. The first-order chi connectivity index (χ1) is 15.9. The maximum Gasteiger partial charge on any atom is 0.138 e. The van der Waals surface area contributed by atoms with E-state index in [-0.39, 0.29) is 0 Å². The summed E-state index contributed by atoms with van der Waals surface area (Å²) < 4.78 is 17.5. The molecule has 1 aliphatic rings. The van der Waals surface area contributed by atoms with Gasteiger partial charge in [0.25, 0.3) is 0 Å². The highest BCUT2D eigenvalue weighted by molar-refractivity contribution is 8.01. The third-order valence-electron chi connectivity index (χ3n) is 5.55. The van der Waals surface area contributed by atoms with E-state index in [2.05, 4.69) is 34.4 Å². The molecule has 33 heavy (non-hydrogen) atoms. The smallest absolute Gasteiger partial charge is 0.138 e. The molecule has 1 fully saturated rings. The topological polar surface area (TPSA) is 88.0 Å². The number of hydrogen-bond donors (Lipinski definition) is 0. The highest BCUT2D eigenvalue weighted by Crippen LogP contribution is 2.31. The van der Waals surface area contributed by atoms with Crippen LogP contribution in [0.4, 0.5) is 5.82 Å². The Hall–Kier alpha value is -3.09. The predicted molar refractivity (Wildman–Crippen MR) is 135 cm³/mol. The molecule has 4 rings (SSSR count). The van der Waals surface area contributed by atoms with Crippen molar-refractivity contribution in [3.63, 3.8) is 0 Å². The van der Waals surface area contributed by atoms with Crippen molar-refractivity contribution < 1.29 is 9.47 Å². The SMILES string of the molecule is C=S(C)(C)=NC1CCN(c2ccc(-c3cc(OCCOC)cn4ncc(C#N)c34)cn2)CC1. The van der Waals surface area contributed by atoms with Crippen LogP contribution in [0.5, 0.6) is 5.75 Å². The Morgan fingerprint density at radius 2 is 2.03 bits per heavy atom. The summed E-state index contributed by atoms with van der Waals surface area (Å²) in [6.45, 7) is 2.79. The summed E-state index contributed by atoms with van der Waals surface area (Å²) >= 11 is 0. The molecule has 1 saturated heterocycles. The molecule has 3 aromatic rings. The quantitative estimate of drug-likeness (QED) is 0.392. The lowest BCUT2D eigenvalue weighted by Crippen LogP contribution is -2.36. The summed E-state index contributed by atoms with van der Waals surface area (Å²) in [6, 6.07) is 8.64. The average Bonchev–Trinajstić information content (AvgIpc) is 3.21. The number of hydrogen-bond acceptors (Lipinski definition) is 7. The number of anilines is 1. The van der Waals surface area contributed by atoms with E-state index in [1.165, 1.54) is 0 Å². The Labute approximate surface area is 195 Å². The van der Waals surface area contributed by atoms with Gasteiger partial charge >= 0.3 is 0 Å². The number of nitrogens with zero attached hydrogens (tertiary/aromatic N) is 6. The molecule has 0 N–H and O–H groups in total. The Morgan fingerprint density at radius 3 is 2.67 bits per heavy atom. The van der Waals surface area contributed by atoms with Crippen LogP contribution in [-0.2, 0) is 14.2 Å². The van der Waals surface area contributed by atoms with E-state index < -0.39 is 9.41 Å². The summed E-state index contributed by atoms with van der Waals surface area (Å²) in [4.78, 5) is 7.05. The molecule has 0 spiro atoms. The first-order valence-electron chi connectivity index (χ1n) is 10.9. The third kappa shape index (κ3) is 5.46. The van der Waals surface area contributed by atoms with Gasteiger partial charge in [0, 0.05) is 37.5 Å². The Bertz CT molecular complexity index is 1270. The Kier molecular flexibility index (Phi) is 6.86. The third-order valence-corrected chi connectivity index (χ3v) is 6.41. The molecule has 1 aliphatic heterocycles. The fourth-order valence-corrected chi connectivity index (χ4v) is 5.07. The van der Waals surface area contributed by atoms with Gasteiger partial charge in [0.1, 0.15) is 24.2 Å². The van der Waals surface area contributed by atoms with Gasteiger partial charge in [-0.2, -0.15) is 10.4 Å². The summed E-state index contributed by atoms with van der Waals surface area (Å²) in [5.41, 5.74) is 3.02. The minimum atomic E-state index is -1.08. The molecule has 0 aromatic carbocycles. The van der Waals surface area contributed by atoms with Crippen LogP contribution < -0.4 is 9.64 Å². The number of rotatable bonds is 7. The largest absolute Gasteiger partial charge is 0.490 e. The van der Waals surface area contributed by atoms with E-state index in [1.54, 1.807) is 24.0 Å². The normalized spacial score (nSPS) is 14.9. The lowest BCUT2D eigenvalue weighted by Gasteiger charge is -2.31. The number of pyridine rings is 2. The Balaban J connectivity index is 1.58. The first kappa shape index (κ1) is 23.1. The maximum atomic E-state index is 9.56. The van der Waals surface area contributed by atoms with Gasteiger partial charge < -0.3 is 14.4 Å². The van der Waals surface area contributed by atoms with E-state index in [0.29, 0.717) is 30.6 Å². The number of fused-ring (bicyclic) bond motifs is 1. The van der Waals surface area contributed by atoms with Crippen LogP contribution in [0.3, 0.4) is 0 Å². The molecule has 0 radical (unpaired) electrons. The second-order valence-electron chi connectivity index (χ2n) is 8.60. The van der Waals surface area contributed by atoms with Gasteiger partial charge in [-0.1, -0.05) is 5.87 Å². The van der Waals surface area contributed by atoms with Gasteiger partial charge in [-0.3, -0.25) is 4.36 Å².